The maximum absolute atomic E-state index is 3.96. The first kappa shape index (κ1) is 8.75. The predicted molar refractivity (Wildman–Crippen MR) is 46.4 cm³/mol. The molecule has 64 valence electrons. The van der Waals surface area contributed by atoms with E-state index >= 15 is 0 Å². The van der Waals surface area contributed by atoms with Crippen LogP contribution in [0.25, 0.3) is 0 Å². The molecule has 0 amide bonds. The molecule has 0 unspecified atom stereocenters. The molecule has 1 aromatic heterocycles. The number of nitrogens with one attached hydrogen (secondary N) is 1. The second-order valence-electron chi connectivity index (χ2n) is 2.29. The molecule has 12 heavy (non-hydrogen) atoms. The lowest BCUT2D eigenvalue weighted by Gasteiger charge is -1.89. The number of aromatic nitrogens is 3. The Labute approximate surface area is 72.0 Å². The Hall–Kier alpha value is -1.34. The zero-order chi connectivity index (χ0) is 8.81. The third kappa shape index (κ3) is 2.36. The van der Waals surface area contributed by atoms with E-state index in [1.807, 2.05) is 14.0 Å². The van der Waals surface area contributed by atoms with Crippen molar-refractivity contribution in [2.75, 3.05) is 13.1 Å². The van der Waals surface area contributed by atoms with Gasteiger partial charge in [-0.1, -0.05) is 12.8 Å². The maximum atomic E-state index is 3.96. The van der Waals surface area contributed by atoms with Crippen LogP contribution in [0.5, 0.6) is 0 Å². The van der Waals surface area contributed by atoms with Gasteiger partial charge in [0, 0.05) is 7.05 Å². The van der Waals surface area contributed by atoms with Crippen LogP contribution in [0.15, 0.2) is 6.33 Å². The number of aryl methyl sites for hydroxylation is 1. The van der Waals surface area contributed by atoms with Gasteiger partial charge in [-0.25, -0.2) is 9.67 Å². The molecular formula is C8H12N4. The van der Waals surface area contributed by atoms with Gasteiger partial charge >= 0.3 is 0 Å². The number of hydrogen-bond acceptors (Lipinski definition) is 3. The fraction of sp³-hybridized carbons (Fsp3) is 0.500. The summed E-state index contributed by atoms with van der Waals surface area (Å²) in [6.45, 7) is 3.68. The Bertz CT molecular complexity index is 291. The minimum atomic E-state index is 0.698. The van der Waals surface area contributed by atoms with Crippen molar-refractivity contribution in [1.29, 1.82) is 0 Å². The molecular weight excluding hydrogens is 152 g/mol. The SMILES string of the molecule is CCNCC#Cc1ncnn1C. The summed E-state index contributed by atoms with van der Waals surface area (Å²) in [7, 11) is 1.82. The van der Waals surface area contributed by atoms with Gasteiger partial charge in [0.1, 0.15) is 6.33 Å². The highest BCUT2D eigenvalue weighted by Crippen LogP contribution is 1.84. The highest BCUT2D eigenvalue weighted by Gasteiger charge is 1.91. The largest absolute Gasteiger partial charge is 0.306 e. The van der Waals surface area contributed by atoms with E-state index in [9.17, 15) is 0 Å². The van der Waals surface area contributed by atoms with Crippen LogP contribution in [0.1, 0.15) is 12.7 Å². The molecule has 4 heteroatoms. The van der Waals surface area contributed by atoms with Crippen LogP contribution in [0, 0.1) is 11.8 Å². The highest BCUT2D eigenvalue weighted by atomic mass is 15.3. The van der Waals surface area contributed by atoms with Crippen LogP contribution in [0.3, 0.4) is 0 Å². The molecule has 1 rings (SSSR count). The summed E-state index contributed by atoms with van der Waals surface area (Å²) in [5.41, 5.74) is 0. The van der Waals surface area contributed by atoms with Crippen LogP contribution in [-0.2, 0) is 7.05 Å². The summed E-state index contributed by atoms with van der Waals surface area (Å²) < 4.78 is 1.65. The van der Waals surface area contributed by atoms with Crippen LogP contribution < -0.4 is 5.32 Å². The van der Waals surface area contributed by atoms with Crippen molar-refractivity contribution in [3.05, 3.63) is 12.2 Å². The number of nitrogens with zero attached hydrogens (tertiary/aromatic N) is 3. The molecule has 0 saturated carbocycles. The molecule has 0 bridgehead atoms. The minimum Gasteiger partial charge on any atom is -0.306 e. The van der Waals surface area contributed by atoms with Gasteiger partial charge in [-0.15, -0.1) is 0 Å². The van der Waals surface area contributed by atoms with Gasteiger partial charge in [-0.2, -0.15) is 5.10 Å². The summed E-state index contributed by atoms with van der Waals surface area (Å²) in [5.74, 6) is 6.55. The zero-order valence-corrected chi connectivity index (χ0v) is 7.33. The van der Waals surface area contributed by atoms with E-state index in [2.05, 4.69) is 27.2 Å². The average Bonchev–Trinajstić information content (AvgIpc) is 2.46. The first-order valence-corrected chi connectivity index (χ1v) is 3.88. The first-order chi connectivity index (χ1) is 5.84. The second-order valence-corrected chi connectivity index (χ2v) is 2.29. The molecule has 0 aliphatic rings. The lowest BCUT2D eigenvalue weighted by molar-refractivity contribution is 0.753. The maximum Gasteiger partial charge on any atom is 0.203 e. The molecule has 1 heterocycles. The van der Waals surface area contributed by atoms with Gasteiger partial charge in [0.25, 0.3) is 0 Å². The molecule has 0 fully saturated rings. The molecule has 0 aromatic carbocycles. The van der Waals surface area contributed by atoms with Crippen molar-refractivity contribution in [3.63, 3.8) is 0 Å². The van der Waals surface area contributed by atoms with E-state index in [1.54, 1.807) is 4.68 Å². The number of hydrogen-bond donors (Lipinski definition) is 1. The van der Waals surface area contributed by atoms with Gasteiger partial charge in [0.05, 0.1) is 6.54 Å². The van der Waals surface area contributed by atoms with Crippen molar-refractivity contribution < 1.29 is 0 Å². The molecule has 0 saturated heterocycles. The predicted octanol–water partition coefficient (Wildman–Crippen LogP) is -0.224. The quantitative estimate of drug-likeness (QED) is 0.485. The smallest absolute Gasteiger partial charge is 0.203 e. The topological polar surface area (TPSA) is 42.7 Å². The summed E-state index contributed by atoms with van der Waals surface area (Å²) >= 11 is 0. The van der Waals surface area contributed by atoms with E-state index in [1.165, 1.54) is 6.33 Å². The highest BCUT2D eigenvalue weighted by molar-refractivity contribution is 5.20. The van der Waals surface area contributed by atoms with E-state index in [4.69, 9.17) is 0 Å². The van der Waals surface area contributed by atoms with Gasteiger partial charge in [-0.3, -0.25) is 0 Å². The molecule has 0 radical (unpaired) electrons. The van der Waals surface area contributed by atoms with E-state index in [0.717, 1.165) is 6.54 Å². The Balaban J connectivity index is 2.49. The molecule has 1 aromatic rings. The lowest BCUT2D eigenvalue weighted by Crippen LogP contribution is -2.12. The third-order valence-corrected chi connectivity index (χ3v) is 1.37. The Morgan fingerprint density at radius 2 is 2.50 bits per heavy atom. The summed E-state index contributed by atoms with van der Waals surface area (Å²) in [4.78, 5) is 3.96. The van der Waals surface area contributed by atoms with Crippen molar-refractivity contribution in [2.45, 2.75) is 6.92 Å². The van der Waals surface area contributed by atoms with Gasteiger partial charge in [0.15, 0.2) is 0 Å². The van der Waals surface area contributed by atoms with E-state index in [-0.39, 0.29) is 0 Å². The van der Waals surface area contributed by atoms with Gasteiger partial charge < -0.3 is 5.32 Å². The Morgan fingerprint density at radius 1 is 1.67 bits per heavy atom. The lowest BCUT2D eigenvalue weighted by atomic mass is 10.5. The number of rotatable bonds is 2. The molecule has 4 nitrogen and oxygen atoms in total. The van der Waals surface area contributed by atoms with Crippen molar-refractivity contribution in [3.8, 4) is 11.8 Å². The molecule has 1 N–H and O–H groups in total. The van der Waals surface area contributed by atoms with Crippen LogP contribution in [-0.4, -0.2) is 27.9 Å². The minimum absolute atomic E-state index is 0.698. The zero-order valence-electron chi connectivity index (χ0n) is 7.33. The summed E-state index contributed by atoms with van der Waals surface area (Å²) in [6.07, 6.45) is 1.50. The summed E-state index contributed by atoms with van der Waals surface area (Å²) in [5, 5.41) is 7.00. The van der Waals surface area contributed by atoms with Crippen molar-refractivity contribution in [1.82, 2.24) is 20.1 Å². The fourth-order valence-electron chi connectivity index (χ4n) is 0.720. The Kier molecular flexibility index (Phi) is 3.30. The Morgan fingerprint density at radius 3 is 3.08 bits per heavy atom. The molecule has 0 atom stereocenters. The van der Waals surface area contributed by atoms with Crippen molar-refractivity contribution in [2.24, 2.45) is 7.05 Å². The standard InChI is InChI=1S/C8H12N4/c1-3-9-6-4-5-8-10-7-11-12(8)2/h7,9H,3,6H2,1-2H3. The van der Waals surface area contributed by atoms with Gasteiger partial charge in [-0.05, 0) is 12.5 Å². The molecule has 0 aliphatic carbocycles. The normalized spacial score (nSPS) is 9.17. The monoisotopic (exact) mass is 164 g/mol. The second kappa shape index (κ2) is 4.52. The van der Waals surface area contributed by atoms with Crippen LogP contribution >= 0.6 is 0 Å². The first-order valence-electron chi connectivity index (χ1n) is 3.88. The third-order valence-electron chi connectivity index (χ3n) is 1.37. The van der Waals surface area contributed by atoms with E-state index in [0.29, 0.717) is 12.4 Å². The van der Waals surface area contributed by atoms with Crippen molar-refractivity contribution >= 4 is 0 Å². The van der Waals surface area contributed by atoms with Crippen LogP contribution in [0.2, 0.25) is 0 Å². The van der Waals surface area contributed by atoms with Gasteiger partial charge in [0.2, 0.25) is 5.82 Å². The van der Waals surface area contributed by atoms with E-state index < -0.39 is 0 Å². The fourth-order valence-corrected chi connectivity index (χ4v) is 0.720. The van der Waals surface area contributed by atoms with Crippen LogP contribution in [0.4, 0.5) is 0 Å². The molecule has 0 spiro atoms. The average molecular weight is 164 g/mol. The summed E-state index contributed by atoms with van der Waals surface area (Å²) in [6, 6.07) is 0. The molecule has 0 aliphatic heterocycles.